The summed E-state index contributed by atoms with van der Waals surface area (Å²) in [5.74, 6) is -2.68. The van der Waals surface area contributed by atoms with E-state index in [9.17, 15) is 8.78 Å². The van der Waals surface area contributed by atoms with Crippen molar-refractivity contribution in [3.63, 3.8) is 0 Å². The number of nitrogens with one attached hydrogen (secondary N) is 1. The van der Waals surface area contributed by atoms with E-state index in [1.165, 1.54) is 0 Å². The zero-order valence-corrected chi connectivity index (χ0v) is 11.6. The molecule has 1 fully saturated rings. The number of aromatic nitrogens is 1. The minimum Gasteiger partial charge on any atom is -0.424 e. The van der Waals surface area contributed by atoms with Gasteiger partial charge in [0.1, 0.15) is 5.52 Å². The van der Waals surface area contributed by atoms with Crippen molar-refractivity contribution in [3.05, 3.63) is 23.2 Å². The third-order valence-corrected chi connectivity index (χ3v) is 3.85. The highest BCUT2D eigenvalue weighted by Gasteiger charge is 2.47. The Kier molecular flexibility index (Phi) is 3.30. The molecular weight excluding hydrogens is 288 g/mol. The molecule has 2 heterocycles. The molecule has 0 spiro atoms. The summed E-state index contributed by atoms with van der Waals surface area (Å²) in [5, 5.41) is 3.39. The van der Waals surface area contributed by atoms with Crippen LogP contribution in [0.15, 0.2) is 22.6 Å². The van der Waals surface area contributed by atoms with E-state index in [2.05, 4.69) is 10.3 Å². The fourth-order valence-electron chi connectivity index (χ4n) is 2.44. The molecule has 3 rings (SSSR count). The normalized spacial score (nSPS) is 22.5. The number of oxazole rings is 1. The summed E-state index contributed by atoms with van der Waals surface area (Å²) in [7, 11) is 1.69. The van der Waals surface area contributed by atoms with E-state index in [0.29, 0.717) is 22.7 Å². The standard InChI is InChI=1S/C13H14ClF2N3O/c1-19-5-4-13(15,16)11(19)7-17-12-18-9-6-8(14)2-3-10(9)20-12/h2-3,6,11H,4-5,7H2,1H3,(H,17,18)/t11-/m1/s1. The van der Waals surface area contributed by atoms with Crippen molar-refractivity contribution >= 4 is 28.7 Å². The third-order valence-electron chi connectivity index (χ3n) is 3.61. The van der Waals surface area contributed by atoms with E-state index in [-0.39, 0.29) is 19.0 Å². The maximum atomic E-state index is 13.7. The van der Waals surface area contributed by atoms with Crippen LogP contribution in [0.4, 0.5) is 14.8 Å². The minimum atomic E-state index is -2.68. The number of fused-ring (bicyclic) bond motifs is 1. The zero-order valence-electron chi connectivity index (χ0n) is 10.9. The van der Waals surface area contributed by atoms with Crippen molar-refractivity contribution in [2.24, 2.45) is 0 Å². The Hall–Kier alpha value is -1.40. The molecule has 1 atom stereocenters. The van der Waals surface area contributed by atoms with Crippen molar-refractivity contribution in [3.8, 4) is 0 Å². The fraction of sp³-hybridized carbons (Fsp3) is 0.462. The Morgan fingerprint density at radius 3 is 3.05 bits per heavy atom. The maximum Gasteiger partial charge on any atom is 0.295 e. The van der Waals surface area contributed by atoms with Crippen LogP contribution in [-0.4, -0.2) is 42.0 Å². The van der Waals surface area contributed by atoms with E-state index in [1.807, 2.05) is 0 Å². The lowest BCUT2D eigenvalue weighted by atomic mass is 10.1. The van der Waals surface area contributed by atoms with Crippen LogP contribution in [0.25, 0.3) is 11.1 Å². The van der Waals surface area contributed by atoms with Crippen LogP contribution in [0.2, 0.25) is 5.02 Å². The molecule has 0 amide bonds. The number of halogens is 3. The van der Waals surface area contributed by atoms with Gasteiger partial charge in [0, 0.05) is 24.5 Å². The number of benzene rings is 1. The second-order valence-corrected chi connectivity index (χ2v) is 5.46. The van der Waals surface area contributed by atoms with Gasteiger partial charge in [-0.3, -0.25) is 4.90 Å². The van der Waals surface area contributed by atoms with Gasteiger partial charge < -0.3 is 9.73 Å². The lowest BCUT2D eigenvalue weighted by Crippen LogP contribution is -2.42. The van der Waals surface area contributed by atoms with Gasteiger partial charge in [-0.1, -0.05) is 11.6 Å². The van der Waals surface area contributed by atoms with Gasteiger partial charge in [-0.2, -0.15) is 4.98 Å². The molecule has 1 saturated heterocycles. The van der Waals surface area contributed by atoms with Gasteiger partial charge in [0.2, 0.25) is 0 Å². The summed E-state index contributed by atoms with van der Waals surface area (Å²) in [6.45, 7) is 0.479. The van der Waals surface area contributed by atoms with Crippen LogP contribution in [0, 0.1) is 0 Å². The third kappa shape index (κ3) is 2.45. The van der Waals surface area contributed by atoms with E-state index < -0.39 is 12.0 Å². The van der Waals surface area contributed by atoms with Gasteiger partial charge in [0.05, 0.1) is 6.04 Å². The van der Waals surface area contributed by atoms with E-state index >= 15 is 0 Å². The Bertz CT molecular complexity index is 631. The molecule has 4 nitrogen and oxygen atoms in total. The Morgan fingerprint density at radius 1 is 1.55 bits per heavy atom. The summed E-state index contributed by atoms with van der Waals surface area (Å²) in [5.41, 5.74) is 1.18. The molecule has 0 radical (unpaired) electrons. The Morgan fingerprint density at radius 2 is 2.35 bits per heavy atom. The molecule has 108 valence electrons. The predicted molar refractivity (Wildman–Crippen MR) is 73.5 cm³/mol. The SMILES string of the molecule is CN1CCC(F)(F)[C@H]1CNc1nc2cc(Cl)ccc2o1. The molecule has 1 aliphatic heterocycles. The molecule has 1 aromatic carbocycles. The second kappa shape index (κ2) is 4.86. The van der Waals surface area contributed by atoms with Gasteiger partial charge in [-0.05, 0) is 25.2 Å². The first kappa shape index (κ1) is 13.6. The summed E-state index contributed by atoms with van der Waals surface area (Å²) in [4.78, 5) is 5.83. The highest BCUT2D eigenvalue weighted by Crippen LogP contribution is 2.33. The lowest BCUT2D eigenvalue weighted by molar-refractivity contribution is -0.0240. The average Bonchev–Trinajstić information content (AvgIpc) is 2.88. The first-order chi connectivity index (χ1) is 9.45. The monoisotopic (exact) mass is 301 g/mol. The summed E-state index contributed by atoms with van der Waals surface area (Å²) >= 11 is 5.86. The number of likely N-dealkylation sites (N-methyl/N-ethyl adjacent to an activating group) is 1. The molecule has 0 aliphatic carbocycles. The van der Waals surface area contributed by atoms with Crippen LogP contribution < -0.4 is 5.32 Å². The number of hydrogen-bond acceptors (Lipinski definition) is 4. The van der Waals surface area contributed by atoms with Gasteiger partial charge in [-0.25, -0.2) is 8.78 Å². The number of anilines is 1. The van der Waals surface area contributed by atoms with Crippen molar-refractivity contribution < 1.29 is 13.2 Å². The van der Waals surface area contributed by atoms with Gasteiger partial charge >= 0.3 is 0 Å². The van der Waals surface area contributed by atoms with E-state index in [4.69, 9.17) is 16.0 Å². The van der Waals surface area contributed by atoms with Crippen LogP contribution in [-0.2, 0) is 0 Å². The number of alkyl halides is 2. The molecule has 7 heteroatoms. The summed E-state index contributed by atoms with van der Waals surface area (Å²) in [6, 6.07) is 4.45. The smallest absolute Gasteiger partial charge is 0.295 e. The van der Waals surface area contributed by atoms with Gasteiger partial charge in [0.25, 0.3) is 11.9 Å². The highest BCUT2D eigenvalue weighted by atomic mass is 35.5. The first-order valence-electron chi connectivity index (χ1n) is 6.34. The average molecular weight is 302 g/mol. The molecular formula is C13H14ClF2N3O. The number of hydrogen-bond donors (Lipinski definition) is 1. The molecule has 20 heavy (non-hydrogen) atoms. The topological polar surface area (TPSA) is 41.3 Å². The van der Waals surface area contributed by atoms with Crippen LogP contribution in [0.3, 0.4) is 0 Å². The maximum absolute atomic E-state index is 13.7. The van der Waals surface area contributed by atoms with Crippen LogP contribution >= 0.6 is 11.6 Å². The Balaban J connectivity index is 1.73. The fourth-order valence-corrected chi connectivity index (χ4v) is 2.60. The quantitative estimate of drug-likeness (QED) is 0.945. The van der Waals surface area contributed by atoms with Crippen molar-refractivity contribution in [2.75, 3.05) is 25.5 Å². The molecule has 0 saturated carbocycles. The number of rotatable bonds is 3. The summed E-state index contributed by atoms with van der Waals surface area (Å²) in [6.07, 6.45) is -0.112. The van der Waals surface area contributed by atoms with Crippen LogP contribution in [0.1, 0.15) is 6.42 Å². The lowest BCUT2D eigenvalue weighted by Gasteiger charge is -2.24. The molecule has 1 aliphatic rings. The molecule has 1 aromatic heterocycles. The first-order valence-corrected chi connectivity index (χ1v) is 6.71. The molecule has 0 unspecified atom stereocenters. The molecule has 2 aromatic rings. The Labute approximate surface area is 119 Å². The number of nitrogens with zero attached hydrogens (tertiary/aromatic N) is 2. The van der Waals surface area contributed by atoms with Crippen molar-refractivity contribution in [1.29, 1.82) is 0 Å². The van der Waals surface area contributed by atoms with Gasteiger partial charge in [0.15, 0.2) is 5.58 Å². The van der Waals surface area contributed by atoms with Crippen molar-refractivity contribution in [2.45, 2.75) is 18.4 Å². The largest absolute Gasteiger partial charge is 0.424 e. The number of likely N-dealkylation sites (tertiary alicyclic amines) is 1. The van der Waals surface area contributed by atoms with Crippen LogP contribution in [0.5, 0.6) is 0 Å². The van der Waals surface area contributed by atoms with Gasteiger partial charge in [-0.15, -0.1) is 0 Å². The zero-order chi connectivity index (χ0) is 14.3. The minimum absolute atomic E-state index is 0.0874. The highest BCUT2D eigenvalue weighted by molar-refractivity contribution is 6.31. The second-order valence-electron chi connectivity index (χ2n) is 5.02. The van der Waals surface area contributed by atoms with E-state index in [0.717, 1.165) is 0 Å². The predicted octanol–water partition coefficient (Wildman–Crippen LogP) is 3.23. The summed E-state index contributed by atoms with van der Waals surface area (Å²) < 4.78 is 32.8. The van der Waals surface area contributed by atoms with Crippen molar-refractivity contribution in [1.82, 2.24) is 9.88 Å². The van der Waals surface area contributed by atoms with E-state index in [1.54, 1.807) is 30.1 Å². The molecule has 1 N–H and O–H groups in total. The molecule has 0 bridgehead atoms.